The molecule has 27 heavy (non-hydrogen) atoms. The lowest BCUT2D eigenvalue weighted by atomic mass is 10.1. The maximum Gasteiger partial charge on any atom is 0.240 e. The molecule has 1 aliphatic rings. The van der Waals surface area contributed by atoms with Crippen molar-refractivity contribution in [3.05, 3.63) is 36.3 Å². The number of nitrogens with one attached hydrogen (secondary N) is 1. The molecule has 0 bridgehead atoms. The fourth-order valence-corrected chi connectivity index (χ4v) is 3.54. The smallest absolute Gasteiger partial charge is 0.240 e. The van der Waals surface area contributed by atoms with E-state index in [-0.39, 0.29) is 5.95 Å². The number of nitrogens with zero attached hydrogens (tertiary/aromatic N) is 6. The Labute approximate surface area is 155 Å². The Balaban J connectivity index is 1.59. The normalized spacial score (nSPS) is 15.6. The van der Waals surface area contributed by atoms with Gasteiger partial charge in [0.1, 0.15) is 11.6 Å². The number of fused-ring (bicyclic) bond motifs is 2. The SMILES string of the molecule is Cc1nnc2cc(-c3ccc(NC4CCOCC4)n4nc(N)nc34)ccn12. The first-order chi connectivity index (χ1) is 13.2. The van der Waals surface area contributed by atoms with Gasteiger partial charge in [-0.2, -0.15) is 9.50 Å². The van der Waals surface area contributed by atoms with Crippen LogP contribution in [-0.4, -0.2) is 48.5 Å². The minimum atomic E-state index is 0.247. The molecule has 0 saturated carbocycles. The molecule has 0 spiro atoms. The van der Waals surface area contributed by atoms with E-state index in [1.807, 2.05) is 41.8 Å². The summed E-state index contributed by atoms with van der Waals surface area (Å²) in [4.78, 5) is 4.45. The van der Waals surface area contributed by atoms with Crippen LogP contribution in [0.15, 0.2) is 30.5 Å². The standard InChI is InChI=1S/C18H20N8O/c1-11-22-23-16-10-12(4-7-25(11)16)14-2-3-15(20-13-5-8-27-9-6-13)26-17(14)21-18(19)24-26/h2-4,7,10,13,20H,5-6,8-9H2,1H3,(H2,19,24). The molecule has 0 radical (unpaired) electrons. The summed E-state index contributed by atoms with van der Waals surface area (Å²) in [6.45, 7) is 3.47. The molecule has 0 unspecified atom stereocenters. The molecule has 3 N–H and O–H groups in total. The zero-order chi connectivity index (χ0) is 18.4. The van der Waals surface area contributed by atoms with Crippen LogP contribution in [0, 0.1) is 6.92 Å². The number of aryl methyl sites for hydroxylation is 1. The summed E-state index contributed by atoms with van der Waals surface area (Å²) in [7, 11) is 0. The van der Waals surface area contributed by atoms with E-state index < -0.39 is 0 Å². The molecule has 5 heterocycles. The van der Waals surface area contributed by atoms with Crippen LogP contribution in [-0.2, 0) is 4.74 Å². The van der Waals surface area contributed by atoms with E-state index in [0.29, 0.717) is 11.7 Å². The van der Waals surface area contributed by atoms with Crippen LogP contribution in [0.3, 0.4) is 0 Å². The Morgan fingerprint density at radius 3 is 2.89 bits per heavy atom. The van der Waals surface area contributed by atoms with Crippen LogP contribution in [0.2, 0.25) is 0 Å². The highest BCUT2D eigenvalue weighted by atomic mass is 16.5. The quantitative estimate of drug-likeness (QED) is 0.572. The van der Waals surface area contributed by atoms with Crippen LogP contribution in [0.1, 0.15) is 18.7 Å². The highest BCUT2D eigenvalue weighted by molar-refractivity contribution is 5.81. The van der Waals surface area contributed by atoms with Gasteiger partial charge in [-0.3, -0.25) is 4.40 Å². The van der Waals surface area contributed by atoms with Crippen molar-refractivity contribution >= 4 is 23.1 Å². The number of hydrogen-bond acceptors (Lipinski definition) is 7. The first kappa shape index (κ1) is 16.0. The molecule has 4 aromatic heterocycles. The van der Waals surface area contributed by atoms with E-state index in [9.17, 15) is 0 Å². The highest BCUT2D eigenvalue weighted by Gasteiger charge is 2.18. The van der Waals surface area contributed by atoms with Crippen molar-refractivity contribution in [2.24, 2.45) is 0 Å². The molecule has 5 rings (SSSR count). The second kappa shape index (κ2) is 6.20. The third-order valence-electron chi connectivity index (χ3n) is 4.97. The van der Waals surface area contributed by atoms with Gasteiger partial charge in [-0.1, -0.05) is 0 Å². The van der Waals surface area contributed by atoms with E-state index in [2.05, 4.69) is 25.6 Å². The van der Waals surface area contributed by atoms with Crippen molar-refractivity contribution < 1.29 is 4.74 Å². The zero-order valence-electron chi connectivity index (χ0n) is 15.0. The average molecular weight is 364 g/mol. The molecule has 9 nitrogen and oxygen atoms in total. The van der Waals surface area contributed by atoms with Crippen LogP contribution >= 0.6 is 0 Å². The molecule has 9 heteroatoms. The third-order valence-corrected chi connectivity index (χ3v) is 4.97. The van der Waals surface area contributed by atoms with E-state index in [1.165, 1.54) is 0 Å². The lowest BCUT2D eigenvalue weighted by molar-refractivity contribution is 0.0903. The molecule has 1 saturated heterocycles. The number of aromatic nitrogens is 6. The van der Waals surface area contributed by atoms with Crippen LogP contribution in [0.5, 0.6) is 0 Å². The predicted molar refractivity (Wildman–Crippen MR) is 102 cm³/mol. The summed E-state index contributed by atoms with van der Waals surface area (Å²) in [5.41, 5.74) is 9.36. The number of rotatable bonds is 3. The van der Waals surface area contributed by atoms with Gasteiger partial charge in [-0.05, 0) is 49.6 Å². The van der Waals surface area contributed by atoms with Gasteiger partial charge in [0.2, 0.25) is 5.95 Å². The second-order valence-electron chi connectivity index (χ2n) is 6.76. The fourth-order valence-electron chi connectivity index (χ4n) is 3.54. The number of anilines is 2. The maximum atomic E-state index is 5.92. The van der Waals surface area contributed by atoms with Crippen LogP contribution in [0.25, 0.3) is 22.4 Å². The van der Waals surface area contributed by atoms with Gasteiger partial charge in [-0.25, -0.2) is 0 Å². The average Bonchev–Trinajstić information content (AvgIpc) is 3.25. The van der Waals surface area contributed by atoms with Crippen molar-refractivity contribution in [2.75, 3.05) is 24.3 Å². The Hall–Kier alpha value is -3.20. The van der Waals surface area contributed by atoms with Crippen molar-refractivity contribution in [3.63, 3.8) is 0 Å². The van der Waals surface area contributed by atoms with Gasteiger partial charge in [0.25, 0.3) is 0 Å². The summed E-state index contributed by atoms with van der Waals surface area (Å²) in [5.74, 6) is 1.98. The van der Waals surface area contributed by atoms with Crippen molar-refractivity contribution in [2.45, 2.75) is 25.8 Å². The monoisotopic (exact) mass is 364 g/mol. The van der Waals surface area contributed by atoms with Crippen molar-refractivity contribution in [1.29, 1.82) is 0 Å². The molecule has 4 aromatic rings. The summed E-state index contributed by atoms with van der Waals surface area (Å²) in [5, 5.41) is 16.3. The van der Waals surface area contributed by atoms with E-state index in [1.54, 1.807) is 4.52 Å². The van der Waals surface area contributed by atoms with Crippen LogP contribution < -0.4 is 11.1 Å². The predicted octanol–water partition coefficient (Wildman–Crippen LogP) is 1.92. The Morgan fingerprint density at radius 2 is 2.04 bits per heavy atom. The summed E-state index contributed by atoms with van der Waals surface area (Å²) >= 11 is 0. The minimum Gasteiger partial charge on any atom is -0.381 e. The van der Waals surface area contributed by atoms with Gasteiger partial charge < -0.3 is 15.8 Å². The molecule has 1 aliphatic heterocycles. The van der Waals surface area contributed by atoms with Gasteiger partial charge in [0.05, 0.1) is 0 Å². The number of nitrogen functional groups attached to an aromatic ring is 1. The topological polar surface area (TPSA) is 108 Å². The lowest BCUT2D eigenvalue weighted by Gasteiger charge is -2.24. The van der Waals surface area contributed by atoms with Crippen LogP contribution in [0.4, 0.5) is 11.8 Å². The summed E-state index contributed by atoms with van der Waals surface area (Å²) < 4.78 is 9.16. The molecule has 0 amide bonds. The molecule has 0 aliphatic carbocycles. The molecule has 1 fully saturated rings. The van der Waals surface area contributed by atoms with Gasteiger partial charge >= 0.3 is 0 Å². The van der Waals surface area contributed by atoms with Gasteiger partial charge in [-0.15, -0.1) is 15.3 Å². The molecule has 138 valence electrons. The largest absolute Gasteiger partial charge is 0.381 e. The molecule has 0 atom stereocenters. The second-order valence-corrected chi connectivity index (χ2v) is 6.76. The van der Waals surface area contributed by atoms with Gasteiger partial charge in [0.15, 0.2) is 11.3 Å². The Morgan fingerprint density at radius 1 is 1.19 bits per heavy atom. The highest BCUT2D eigenvalue weighted by Crippen LogP contribution is 2.28. The van der Waals surface area contributed by atoms with E-state index in [4.69, 9.17) is 10.5 Å². The third kappa shape index (κ3) is 2.76. The number of pyridine rings is 2. The Kier molecular flexibility index (Phi) is 3.68. The lowest BCUT2D eigenvalue weighted by Crippen LogP contribution is -2.28. The molecule has 0 aromatic carbocycles. The number of nitrogens with two attached hydrogens (primary N) is 1. The Bertz CT molecular complexity index is 1130. The first-order valence-electron chi connectivity index (χ1n) is 9.00. The summed E-state index contributed by atoms with van der Waals surface area (Å²) in [6.07, 6.45) is 3.90. The van der Waals surface area contributed by atoms with E-state index in [0.717, 1.165) is 54.5 Å². The maximum absolute atomic E-state index is 5.92. The van der Waals surface area contributed by atoms with Gasteiger partial charge in [0, 0.05) is 31.0 Å². The molecular weight excluding hydrogens is 344 g/mol. The molecular formula is C18H20N8O. The number of ether oxygens (including phenoxy) is 1. The fraction of sp³-hybridized carbons (Fsp3) is 0.333. The first-order valence-corrected chi connectivity index (χ1v) is 9.00. The van der Waals surface area contributed by atoms with Crippen molar-refractivity contribution in [3.8, 4) is 11.1 Å². The zero-order valence-corrected chi connectivity index (χ0v) is 15.0. The minimum absolute atomic E-state index is 0.247. The summed E-state index contributed by atoms with van der Waals surface area (Å²) in [6, 6.07) is 8.43. The van der Waals surface area contributed by atoms with Crippen molar-refractivity contribution in [1.82, 2.24) is 29.2 Å². The van der Waals surface area contributed by atoms with E-state index >= 15 is 0 Å². The number of hydrogen-bond donors (Lipinski definition) is 2.